The van der Waals surface area contributed by atoms with Gasteiger partial charge in [0.1, 0.15) is 0 Å². The second kappa shape index (κ2) is 4.47. The second-order valence-electron chi connectivity index (χ2n) is 4.27. The van der Waals surface area contributed by atoms with E-state index >= 15 is 0 Å². The van der Waals surface area contributed by atoms with Gasteiger partial charge in [0.05, 0.1) is 17.9 Å². The highest BCUT2D eigenvalue weighted by atomic mass is 32.2. The van der Waals surface area contributed by atoms with Crippen LogP contribution in [0.4, 0.5) is 0 Å². The first-order chi connectivity index (χ1) is 6.81. The van der Waals surface area contributed by atoms with Crippen LogP contribution in [-0.4, -0.2) is 23.1 Å². The van der Waals surface area contributed by atoms with Crippen molar-refractivity contribution < 1.29 is 0 Å². The Morgan fingerprint density at radius 3 is 3.07 bits per heavy atom. The van der Waals surface area contributed by atoms with Crippen molar-refractivity contribution in [3.63, 3.8) is 0 Å². The lowest BCUT2D eigenvalue weighted by Crippen LogP contribution is -2.36. The van der Waals surface area contributed by atoms with Gasteiger partial charge in [-0.05, 0) is 6.42 Å². The molecule has 0 bridgehead atoms. The average Bonchev–Trinajstić information content (AvgIpc) is 2.66. The molecule has 3 atom stereocenters. The summed E-state index contributed by atoms with van der Waals surface area (Å²) in [5.41, 5.74) is 0. The minimum Gasteiger partial charge on any atom is -0.367 e. The molecule has 2 aliphatic heterocycles. The van der Waals surface area contributed by atoms with Crippen LogP contribution in [0.3, 0.4) is 0 Å². The van der Waals surface area contributed by atoms with Gasteiger partial charge in [-0.25, -0.2) is 0 Å². The normalized spacial score (nSPS) is 35.2. The Hall–Kier alpha value is -0.310. The summed E-state index contributed by atoms with van der Waals surface area (Å²) in [7, 11) is 0. The van der Waals surface area contributed by atoms with Crippen molar-refractivity contribution in [1.29, 1.82) is 0 Å². The lowest BCUT2D eigenvalue weighted by atomic mass is 10.0. The monoisotopic (exact) mass is 212 g/mol. The van der Waals surface area contributed by atoms with Crippen molar-refractivity contribution >= 4 is 11.8 Å². The topological polar surface area (TPSA) is 24.1 Å². The van der Waals surface area contributed by atoms with E-state index in [4.69, 9.17) is 0 Å². The van der Waals surface area contributed by atoms with Crippen LogP contribution in [0.1, 0.15) is 32.6 Å². The number of thioether (sulfide) groups is 1. The van der Waals surface area contributed by atoms with E-state index in [9.17, 15) is 0 Å². The highest BCUT2D eigenvalue weighted by Gasteiger charge is 2.40. The number of unbranched alkanes of at least 4 members (excludes halogenated alkanes) is 2. The third-order valence-corrected chi connectivity index (χ3v) is 4.63. The number of nitrogens with one attached hydrogen (secondary N) is 2. The first kappa shape index (κ1) is 10.2. The van der Waals surface area contributed by atoms with Gasteiger partial charge < -0.3 is 10.6 Å². The van der Waals surface area contributed by atoms with Crippen LogP contribution in [0.5, 0.6) is 0 Å². The van der Waals surface area contributed by atoms with Gasteiger partial charge in [0.15, 0.2) is 0 Å². The summed E-state index contributed by atoms with van der Waals surface area (Å²) in [5.74, 6) is 2.27. The van der Waals surface area contributed by atoms with E-state index in [0.717, 1.165) is 11.1 Å². The lowest BCUT2D eigenvalue weighted by Gasteiger charge is -2.16. The van der Waals surface area contributed by atoms with Crippen molar-refractivity contribution in [2.24, 2.45) is 0 Å². The molecule has 3 heteroatoms. The highest BCUT2D eigenvalue weighted by molar-refractivity contribution is 8.00. The Kier molecular flexibility index (Phi) is 3.26. The van der Waals surface area contributed by atoms with Crippen molar-refractivity contribution in [3.8, 4) is 0 Å². The summed E-state index contributed by atoms with van der Waals surface area (Å²) in [6.07, 6.45) is 5.44. The predicted octanol–water partition coefficient (Wildman–Crippen LogP) is 2.08. The summed E-state index contributed by atoms with van der Waals surface area (Å²) < 4.78 is 0. The summed E-state index contributed by atoms with van der Waals surface area (Å²) >= 11 is 2.12. The van der Waals surface area contributed by atoms with Gasteiger partial charge in [-0.15, -0.1) is 0 Å². The fraction of sp³-hybridized carbons (Fsp3) is 0.818. The van der Waals surface area contributed by atoms with Crippen LogP contribution in [0.15, 0.2) is 12.4 Å². The maximum Gasteiger partial charge on any atom is 0.0918 e. The molecule has 0 aliphatic carbocycles. The molecule has 0 radical (unpaired) electrons. The maximum atomic E-state index is 3.94. The van der Waals surface area contributed by atoms with Crippen molar-refractivity contribution in [3.05, 3.63) is 12.4 Å². The van der Waals surface area contributed by atoms with E-state index in [-0.39, 0.29) is 0 Å². The summed E-state index contributed by atoms with van der Waals surface area (Å²) in [6, 6.07) is 1.28. The molecule has 0 aromatic carbocycles. The highest BCUT2D eigenvalue weighted by Crippen LogP contribution is 2.34. The van der Waals surface area contributed by atoms with Gasteiger partial charge in [0, 0.05) is 11.0 Å². The molecule has 2 heterocycles. The summed E-state index contributed by atoms with van der Waals surface area (Å²) in [5, 5.41) is 7.68. The van der Waals surface area contributed by atoms with Gasteiger partial charge in [-0.1, -0.05) is 32.8 Å². The zero-order valence-electron chi connectivity index (χ0n) is 8.88. The van der Waals surface area contributed by atoms with E-state index in [1.165, 1.54) is 31.4 Å². The molecular formula is C11H20N2S. The molecule has 2 saturated heterocycles. The summed E-state index contributed by atoms with van der Waals surface area (Å²) in [6.45, 7) is 6.20. The minimum atomic E-state index is 0.638. The molecule has 2 fully saturated rings. The van der Waals surface area contributed by atoms with E-state index in [1.807, 2.05) is 0 Å². The SMILES string of the molecule is C=C1N[C@H]2CSC(CCCCC)[C@H]2N1. The molecule has 1 unspecified atom stereocenters. The van der Waals surface area contributed by atoms with Crippen LogP contribution in [0.25, 0.3) is 0 Å². The zero-order valence-corrected chi connectivity index (χ0v) is 9.70. The van der Waals surface area contributed by atoms with Crippen LogP contribution >= 0.6 is 11.8 Å². The first-order valence-corrected chi connectivity index (χ1v) is 6.69. The maximum absolute atomic E-state index is 3.94. The summed E-state index contributed by atoms with van der Waals surface area (Å²) in [4.78, 5) is 0. The number of hydrogen-bond donors (Lipinski definition) is 2. The van der Waals surface area contributed by atoms with Crippen LogP contribution in [0, 0.1) is 0 Å². The minimum absolute atomic E-state index is 0.638. The van der Waals surface area contributed by atoms with Gasteiger partial charge >= 0.3 is 0 Å². The molecule has 2 aliphatic rings. The Morgan fingerprint density at radius 2 is 2.29 bits per heavy atom. The third-order valence-electron chi connectivity index (χ3n) is 3.12. The molecule has 0 spiro atoms. The van der Waals surface area contributed by atoms with E-state index in [1.54, 1.807) is 0 Å². The fourth-order valence-corrected chi connectivity index (χ4v) is 3.89. The molecule has 2 N–H and O–H groups in total. The second-order valence-corrected chi connectivity index (χ2v) is 5.54. The Bertz CT molecular complexity index is 217. The number of fused-ring (bicyclic) bond motifs is 1. The zero-order chi connectivity index (χ0) is 9.97. The first-order valence-electron chi connectivity index (χ1n) is 5.65. The molecule has 0 amide bonds. The quantitative estimate of drug-likeness (QED) is 0.698. The number of rotatable bonds is 4. The molecule has 2 rings (SSSR count). The average molecular weight is 212 g/mol. The fourth-order valence-electron chi connectivity index (χ4n) is 2.34. The molecular weight excluding hydrogens is 192 g/mol. The standard InChI is InChI=1S/C11H20N2S/c1-3-4-5-6-10-11-9(7-14-10)12-8(2)13-11/h9-13H,2-7H2,1H3/t9-,10?,11-/m0/s1. The van der Waals surface area contributed by atoms with Crippen molar-refractivity contribution in [2.45, 2.75) is 49.9 Å². The van der Waals surface area contributed by atoms with Gasteiger partial charge in [-0.2, -0.15) is 11.8 Å². The van der Waals surface area contributed by atoms with Crippen molar-refractivity contribution in [1.82, 2.24) is 10.6 Å². The van der Waals surface area contributed by atoms with Gasteiger partial charge in [-0.3, -0.25) is 0 Å². The Balaban J connectivity index is 1.80. The molecule has 14 heavy (non-hydrogen) atoms. The molecule has 80 valence electrons. The predicted molar refractivity (Wildman–Crippen MR) is 63.4 cm³/mol. The van der Waals surface area contributed by atoms with E-state index in [2.05, 4.69) is 35.9 Å². The van der Waals surface area contributed by atoms with Crippen molar-refractivity contribution in [2.75, 3.05) is 5.75 Å². The Labute approximate surface area is 90.9 Å². The van der Waals surface area contributed by atoms with E-state index in [0.29, 0.717) is 12.1 Å². The van der Waals surface area contributed by atoms with Crippen LogP contribution in [-0.2, 0) is 0 Å². The molecule has 0 saturated carbocycles. The number of hydrogen-bond acceptors (Lipinski definition) is 3. The van der Waals surface area contributed by atoms with E-state index < -0.39 is 0 Å². The smallest absolute Gasteiger partial charge is 0.0918 e. The largest absolute Gasteiger partial charge is 0.367 e. The third kappa shape index (κ3) is 2.02. The lowest BCUT2D eigenvalue weighted by molar-refractivity contribution is 0.514. The van der Waals surface area contributed by atoms with Crippen LogP contribution < -0.4 is 10.6 Å². The molecule has 0 aromatic heterocycles. The van der Waals surface area contributed by atoms with Crippen LogP contribution in [0.2, 0.25) is 0 Å². The van der Waals surface area contributed by atoms with Gasteiger partial charge in [0.25, 0.3) is 0 Å². The van der Waals surface area contributed by atoms with Gasteiger partial charge in [0.2, 0.25) is 0 Å². The molecule has 2 nitrogen and oxygen atoms in total. The Morgan fingerprint density at radius 1 is 1.43 bits per heavy atom. The molecule has 0 aromatic rings.